The predicted molar refractivity (Wildman–Crippen MR) is 85.8 cm³/mol. The molecule has 0 saturated carbocycles. The van der Waals surface area contributed by atoms with Crippen molar-refractivity contribution in [1.29, 1.82) is 0 Å². The van der Waals surface area contributed by atoms with Crippen molar-refractivity contribution < 1.29 is 14.2 Å². The zero-order valence-electron chi connectivity index (χ0n) is 13.8. The smallest absolute Gasteiger partial charge is 0.173 e. The quantitative estimate of drug-likeness (QED) is 0.729. The Morgan fingerprint density at radius 2 is 1.48 bits per heavy atom. The molecular weight excluding hydrogens is 283 g/mol. The third-order valence-electron chi connectivity index (χ3n) is 4.07. The minimum atomic E-state index is -0.646. The van der Waals surface area contributed by atoms with Crippen molar-refractivity contribution in [3.63, 3.8) is 0 Å². The molecule has 2 saturated heterocycles. The highest BCUT2D eigenvalue weighted by Crippen LogP contribution is 2.69. The Morgan fingerprint density at radius 1 is 0.857 bits per heavy atom. The molecule has 0 amide bonds. The van der Waals surface area contributed by atoms with Crippen LogP contribution in [-0.4, -0.2) is 22.3 Å². The van der Waals surface area contributed by atoms with Crippen molar-refractivity contribution in [2.45, 2.75) is 70.2 Å². The van der Waals surface area contributed by atoms with E-state index in [0.29, 0.717) is 0 Å². The van der Waals surface area contributed by atoms with E-state index in [1.54, 1.807) is 0 Å². The Balaban J connectivity index is 2.10. The zero-order chi connectivity index (χ0) is 15.5. The van der Waals surface area contributed by atoms with Crippen LogP contribution in [0.3, 0.4) is 0 Å². The normalized spacial score (nSPS) is 40.8. The monoisotopic (exact) mass is 308 g/mol. The maximum absolute atomic E-state index is 6.43. The summed E-state index contributed by atoms with van der Waals surface area (Å²) in [6, 6.07) is 10.6. The molecule has 21 heavy (non-hydrogen) atoms. The Morgan fingerprint density at radius 3 is 2.10 bits per heavy atom. The first-order chi connectivity index (χ1) is 9.56. The van der Waals surface area contributed by atoms with Crippen LogP contribution in [0.5, 0.6) is 0 Å². The average molecular weight is 308 g/mol. The van der Waals surface area contributed by atoms with Gasteiger partial charge in [-0.15, -0.1) is 0 Å². The second-order valence-corrected chi connectivity index (χ2v) is 10.5. The molecule has 2 heterocycles. The van der Waals surface area contributed by atoms with Crippen LogP contribution in [0.2, 0.25) is 0 Å². The summed E-state index contributed by atoms with van der Waals surface area (Å²) >= 11 is 0. The minimum Gasteiger partial charge on any atom is -0.339 e. The number of ether oxygens (including phenoxy) is 3. The Bertz CT molecular complexity index is 534. The summed E-state index contributed by atoms with van der Waals surface area (Å²) in [7, 11) is -0.646. The van der Waals surface area contributed by atoms with Crippen LogP contribution in [0, 0.1) is 0 Å². The third kappa shape index (κ3) is 2.66. The van der Waals surface area contributed by atoms with E-state index in [1.807, 2.05) is 20.8 Å². The van der Waals surface area contributed by atoms with E-state index in [4.69, 9.17) is 14.2 Å². The molecule has 3 rings (SSSR count). The van der Waals surface area contributed by atoms with E-state index in [1.165, 1.54) is 5.30 Å². The molecule has 3 unspecified atom stereocenters. The molecule has 1 aromatic rings. The number of rotatable bonds is 1. The van der Waals surface area contributed by atoms with E-state index in [9.17, 15) is 0 Å². The van der Waals surface area contributed by atoms with Crippen molar-refractivity contribution in [3.05, 3.63) is 30.3 Å². The van der Waals surface area contributed by atoms with Crippen molar-refractivity contribution in [1.82, 2.24) is 0 Å². The summed E-state index contributed by atoms with van der Waals surface area (Å²) in [5.74, 6) is -1.22. The lowest BCUT2D eigenvalue weighted by molar-refractivity contribution is -0.419. The maximum Gasteiger partial charge on any atom is 0.173 e. The van der Waals surface area contributed by atoms with Crippen LogP contribution in [0.15, 0.2) is 30.3 Å². The number of benzene rings is 1. The Kier molecular flexibility index (Phi) is 3.32. The lowest BCUT2D eigenvalue weighted by Gasteiger charge is -2.62. The SMILES string of the molecule is CC1(C)OC2(C)CC(C)(O1)P(c1ccccc1)C(C)(C)O2. The zero-order valence-corrected chi connectivity index (χ0v) is 14.7. The number of fused-ring (bicyclic) bond motifs is 2. The van der Waals surface area contributed by atoms with Gasteiger partial charge in [0.25, 0.3) is 0 Å². The van der Waals surface area contributed by atoms with Gasteiger partial charge >= 0.3 is 0 Å². The fourth-order valence-corrected chi connectivity index (χ4v) is 8.04. The van der Waals surface area contributed by atoms with Crippen LogP contribution in [0.4, 0.5) is 0 Å². The molecule has 2 aliphatic heterocycles. The first-order valence-electron chi connectivity index (χ1n) is 7.51. The topological polar surface area (TPSA) is 27.7 Å². The molecule has 2 fully saturated rings. The van der Waals surface area contributed by atoms with Gasteiger partial charge in [-0.2, -0.15) is 0 Å². The summed E-state index contributed by atoms with van der Waals surface area (Å²) in [5, 5.41) is 0.768. The van der Waals surface area contributed by atoms with Gasteiger partial charge in [-0.25, -0.2) is 0 Å². The van der Waals surface area contributed by atoms with Gasteiger partial charge in [0.1, 0.15) is 0 Å². The summed E-state index contributed by atoms with van der Waals surface area (Å²) < 4.78 is 18.9. The second-order valence-electron chi connectivity index (χ2n) is 7.31. The van der Waals surface area contributed by atoms with E-state index >= 15 is 0 Å². The van der Waals surface area contributed by atoms with Crippen molar-refractivity contribution in [3.8, 4) is 0 Å². The fourth-order valence-electron chi connectivity index (χ4n) is 4.22. The molecule has 0 radical (unpaired) electrons. The van der Waals surface area contributed by atoms with Crippen LogP contribution in [0.25, 0.3) is 0 Å². The number of hydrogen-bond donors (Lipinski definition) is 0. The Hall–Kier alpha value is -0.470. The predicted octanol–water partition coefficient (Wildman–Crippen LogP) is 4.17. The molecular formula is C17H25O3P. The first kappa shape index (κ1) is 15.4. The van der Waals surface area contributed by atoms with E-state index < -0.39 is 19.5 Å². The van der Waals surface area contributed by atoms with Gasteiger partial charge in [-0.05, 0) is 54.8 Å². The molecule has 1 aromatic carbocycles. The van der Waals surface area contributed by atoms with Crippen LogP contribution in [0.1, 0.15) is 48.0 Å². The fraction of sp³-hybridized carbons (Fsp3) is 0.647. The molecule has 4 heteroatoms. The van der Waals surface area contributed by atoms with E-state index in [2.05, 4.69) is 51.1 Å². The molecule has 3 nitrogen and oxygen atoms in total. The maximum atomic E-state index is 6.43. The van der Waals surface area contributed by atoms with E-state index in [-0.39, 0.29) is 10.7 Å². The van der Waals surface area contributed by atoms with Gasteiger partial charge in [-0.1, -0.05) is 30.3 Å². The summed E-state index contributed by atoms with van der Waals surface area (Å²) in [4.78, 5) is 0. The minimum absolute atomic E-state index is 0.255. The van der Waals surface area contributed by atoms with Crippen molar-refractivity contribution >= 4 is 13.2 Å². The van der Waals surface area contributed by atoms with Crippen LogP contribution < -0.4 is 5.30 Å². The van der Waals surface area contributed by atoms with Gasteiger partial charge < -0.3 is 14.2 Å². The standard InChI is InChI=1S/C17H25O3P/c1-14(2)18-16(5)12-17(6,19-14)21(15(3,4)20-16)13-10-8-7-9-11-13/h7-11H,12H2,1-6H3. The van der Waals surface area contributed by atoms with Crippen molar-refractivity contribution in [2.24, 2.45) is 0 Å². The molecule has 0 N–H and O–H groups in total. The first-order valence-corrected chi connectivity index (χ1v) is 8.85. The molecule has 0 spiro atoms. The molecule has 0 aromatic heterocycles. The van der Waals surface area contributed by atoms with Crippen LogP contribution in [-0.2, 0) is 14.2 Å². The number of hydrogen-bond acceptors (Lipinski definition) is 3. The van der Waals surface area contributed by atoms with Gasteiger partial charge in [0, 0.05) is 6.42 Å². The lowest BCUT2D eigenvalue weighted by atomic mass is 10.1. The second kappa shape index (κ2) is 4.52. The largest absolute Gasteiger partial charge is 0.339 e. The molecule has 3 atom stereocenters. The highest BCUT2D eigenvalue weighted by molar-refractivity contribution is 7.68. The third-order valence-corrected chi connectivity index (χ3v) is 7.25. The van der Waals surface area contributed by atoms with Crippen molar-refractivity contribution in [2.75, 3.05) is 0 Å². The highest BCUT2D eigenvalue weighted by atomic mass is 31.1. The summed E-state index contributed by atoms with van der Waals surface area (Å²) in [5.41, 5.74) is 0. The van der Waals surface area contributed by atoms with E-state index in [0.717, 1.165) is 6.42 Å². The molecule has 116 valence electrons. The summed E-state index contributed by atoms with van der Waals surface area (Å²) in [6.45, 7) is 12.5. The Labute approximate surface area is 128 Å². The highest BCUT2D eigenvalue weighted by Gasteiger charge is 2.62. The van der Waals surface area contributed by atoms with Crippen LogP contribution >= 0.6 is 7.92 Å². The molecule has 2 aliphatic rings. The van der Waals surface area contributed by atoms with Gasteiger partial charge in [-0.3, -0.25) is 0 Å². The average Bonchev–Trinajstić information content (AvgIpc) is 2.22. The molecule has 0 aliphatic carbocycles. The van der Waals surface area contributed by atoms with Gasteiger partial charge in [0.15, 0.2) is 11.6 Å². The van der Waals surface area contributed by atoms with Gasteiger partial charge in [0.2, 0.25) is 0 Å². The molecule has 2 bridgehead atoms. The lowest BCUT2D eigenvalue weighted by Crippen LogP contribution is -2.64. The summed E-state index contributed by atoms with van der Waals surface area (Å²) in [6.07, 6.45) is 0.757. The van der Waals surface area contributed by atoms with Gasteiger partial charge in [0.05, 0.1) is 10.7 Å².